The normalized spacial score (nSPS) is 20.0. The van der Waals surface area contributed by atoms with Crippen LogP contribution in [-0.2, 0) is 11.4 Å². The van der Waals surface area contributed by atoms with Crippen LogP contribution in [0.1, 0.15) is 55.7 Å². The zero-order valence-electron chi connectivity index (χ0n) is 14.8. The lowest BCUT2D eigenvalue weighted by molar-refractivity contribution is 0.129. The second kappa shape index (κ2) is 7.80. The highest BCUT2D eigenvalue weighted by Gasteiger charge is 2.40. The zero-order valence-corrected chi connectivity index (χ0v) is 16.3. The van der Waals surface area contributed by atoms with E-state index >= 15 is 0 Å². The third-order valence-electron chi connectivity index (χ3n) is 4.84. The number of benzene rings is 2. The van der Waals surface area contributed by atoms with Crippen LogP contribution in [0.5, 0.6) is 0 Å². The van der Waals surface area contributed by atoms with E-state index in [0.29, 0.717) is 27.8 Å². The highest BCUT2D eigenvalue weighted by Crippen LogP contribution is 2.48. The van der Waals surface area contributed by atoms with Gasteiger partial charge in [-0.15, -0.1) is 0 Å². The van der Waals surface area contributed by atoms with E-state index in [1.165, 1.54) is 11.1 Å². The van der Waals surface area contributed by atoms with E-state index in [1.807, 2.05) is 13.0 Å². The first-order valence-corrected chi connectivity index (χ1v) is 9.42. The molecule has 0 spiro atoms. The fourth-order valence-electron chi connectivity index (χ4n) is 3.09. The van der Waals surface area contributed by atoms with Crippen molar-refractivity contribution in [2.45, 2.75) is 45.6 Å². The van der Waals surface area contributed by atoms with Crippen molar-refractivity contribution < 1.29 is 4.84 Å². The van der Waals surface area contributed by atoms with Gasteiger partial charge in [-0.2, -0.15) is 0 Å². The average Bonchev–Trinajstić information content (AvgIpc) is 3.38. The number of rotatable bonds is 6. The van der Waals surface area contributed by atoms with E-state index in [9.17, 15) is 0 Å². The Labute approximate surface area is 159 Å². The van der Waals surface area contributed by atoms with Gasteiger partial charge in [0.25, 0.3) is 0 Å². The summed E-state index contributed by atoms with van der Waals surface area (Å²) in [5, 5.41) is 5.50. The maximum atomic E-state index is 6.14. The first kappa shape index (κ1) is 18.3. The molecule has 1 aliphatic carbocycles. The lowest BCUT2D eigenvalue weighted by atomic mass is 9.99. The standard InChI is InChI=1S/C21H23Cl2NO/c1-13(2)15-7-9-16(10-8-15)18-11-17(18)14(3)24-25-12-19-20(22)5-4-6-21(19)23/h4-10,13,17-18H,11-12H2,1-3H3/b24-14-/t17-,18+/m1/s1. The molecule has 2 atom stereocenters. The Morgan fingerprint density at radius 2 is 1.76 bits per heavy atom. The van der Waals surface area contributed by atoms with Crippen molar-refractivity contribution in [2.24, 2.45) is 11.1 Å². The Morgan fingerprint density at radius 3 is 2.36 bits per heavy atom. The maximum absolute atomic E-state index is 6.14. The molecule has 0 heterocycles. The highest BCUT2D eigenvalue weighted by molar-refractivity contribution is 6.35. The van der Waals surface area contributed by atoms with Crippen LogP contribution in [0.25, 0.3) is 0 Å². The molecule has 0 unspecified atom stereocenters. The minimum Gasteiger partial charge on any atom is -0.391 e. The Bertz CT molecular complexity index is 748. The molecule has 0 aliphatic heterocycles. The van der Waals surface area contributed by atoms with E-state index in [1.54, 1.807) is 12.1 Å². The SMILES string of the molecule is C/C(=N/OCc1c(Cl)cccc1Cl)[C@H]1C[C@H]1c1ccc(C(C)C)cc1. The summed E-state index contributed by atoms with van der Waals surface area (Å²) in [6, 6.07) is 14.4. The van der Waals surface area contributed by atoms with Crippen LogP contribution in [-0.4, -0.2) is 5.71 Å². The van der Waals surface area contributed by atoms with Crippen molar-refractivity contribution in [3.05, 3.63) is 69.2 Å². The summed E-state index contributed by atoms with van der Waals surface area (Å²) in [6.45, 7) is 6.75. The Kier molecular flexibility index (Phi) is 5.71. The van der Waals surface area contributed by atoms with Crippen molar-refractivity contribution >= 4 is 28.9 Å². The highest BCUT2D eigenvalue weighted by atomic mass is 35.5. The molecule has 0 saturated heterocycles. The van der Waals surface area contributed by atoms with Gasteiger partial charge in [-0.25, -0.2) is 0 Å². The fraction of sp³-hybridized carbons (Fsp3) is 0.381. The zero-order chi connectivity index (χ0) is 18.0. The van der Waals surface area contributed by atoms with Gasteiger partial charge in [0.15, 0.2) is 0 Å². The number of hydrogen-bond acceptors (Lipinski definition) is 2. The third kappa shape index (κ3) is 4.37. The smallest absolute Gasteiger partial charge is 0.145 e. The molecule has 0 aromatic heterocycles. The maximum Gasteiger partial charge on any atom is 0.145 e. The molecule has 0 radical (unpaired) electrons. The molecule has 0 bridgehead atoms. The van der Waals surface area contributed by atoms with Gasteiger partial charge in [0.05, 0.1) is 5.71 Å². The molecular weight excluding hydrogens is 353 g/mol. The summed E-state index contributed by atoms with van der Waals surface area (Å²) in [4.78, 5) is 5.50. The second-order valence-electron chi connectivity index (χ2n) is 6.98. The van der Waals surface area contributed by atoms with Gasteiger partial charge in [0, 0.05) is 21.5 Å². The molecule has 25 heavy (non-hydrogen) atoms. The van der Waals surface area contributed by atoms with Crippen molar-refractivity contribution in [2.75, 3.05) is 0 Å². The van der Waals surface area contributed by atoms with Gasteiger partial charge in [-0.05, 0) is 48.4 Å². The largest absolute Gasteiger partial charge is 0.391 e. The molecule has 2 aromatic rings. The predicted molar refractivity (Wildman–Crippen MR) is 106 cm³/mol. The third-order valence-corrected chi connectivity index (χ3v) is 5.55. The Hall–Kier alpha value is -1.51. The quantitative estimate of drug-likeness (QED) is 0.401. The predicted octanol–water partition coefficient (Wildman–Crippen LogP) is 6.81. The summed E-state index contributed by atoms with van der Waals surface area (Å²) >= 11 is 12.3. The number of nitrogens with zero attached hydrogens (tertiary/aromatic N) is 1. The van der Waals surface area contributed by atoms with Crippen LogP contribution >= 0.6 is 23.2 Å². The number of oxime groups is 1. The summed E-state index contributed by atoms with van der Waals surface area (Å²) < 4.78 is 0. The van der Waals surface area contributed by atoms with Crippen molar-refractivity contribution in [1.82, 2.24) is 0 Å². The van der Waals surface area contributed by atoms with Crippen LogP contribution in [0.3, 0.4) is 0 Å². The summed E-state index contributed by atoms with van der Waals surface area (Å²) in [5.74, 6) is 1.58. The molecule has 4 heteroatoms. The molecular formula is C21H23Cl2NO. The molecule has 0 N–H and O–H groups in total. The number of hydrogen-bond donors (Lipinski definition) is 0. The average molecular weight is 376 g/mol. The van der Waals surface area contributed by atoms with Crippen molar-refractivity contribution in [3.63, 3.8) is 0 Å². The monoisotopic (exact) mass is 375 g/mol. The van der Waals surface area contributed by atoms with Crippen LogP contribution < -0.4 is 0 Å². The summed E-state index contributed by atoms with van der Waals surface area (Å²) in [6.07, 6.45) is 1.13. The van der Waals surface area contributed by atoms with Gasteiger partial charge < -0.3 is 4.84 Å². The van der Waals surface area contributed by atoms with E-state index in [2.05, 4.69) is 43.3 Å². The van der Waals surface area contributed by atoms with Crippen LogP contribution in [0, 0.1) is 5.92 Å². The second-order valence-corrected chi connectivity index (χ2v) is 7.79. The lowest BCUT2D eigenvalue weighted by Gasteiger charge is -2.07. The summed E-state index contributed by atoms with van der Waals surface area (Å²) in [5.41, 5.74) is 4.57. The molecule has 0 amide bonds. The van der Waals surface area contributed by atoms with E-state index in [-0.39, 0.29) is 6.61 Å². The number of halogens is 2. The fourth-order valence-corrected chi connectivity index (χ4v) is 3.60. The first-order valence-electron chi connectivity index (χ1n) is 8.66. The van der Waals surface area contributed by atoms with Crippen LogP contribution in [0.15, 0.2) is 47.6 Å². The lowest BCUT2D eigenvalue weighted by Crippen LogP contribution is -1.99. The minimum absolute atomic E-state index is 0.288. The molecule has 1 aliphatic rings. The first-order chi connectivity index (χ1) is 12.0. The van der Waals surface area contributed by atoms with Gasteiger partial charge in [-0.3, -0.25) is 0 Å². The van der Waals surface area contributed by atoms with Crippen molar-refractivity contribution in [3.8, 4) is 0 Å². The van der Waals surface area contributed by atoms with Gasteiger partial charge in [0.2, 0.25) is 0 Å². The van der Waals surface area contributed by atoms with Crippen molar-refractivity contribution in [1.29, 1.82) is 0 Å². The topological polar surface area (TPSA) is 21.6 Å². The Balaban J connectivity index is 1.57. The Morgan fingerprint density at radius 1 is 1.12 bits per heavy atom. The van der Waals surface area contributed by atoms with Gasteiger partial charge in [0.1, 0.15) is 6.61 Å². The van der Waals surface area contributed by atoms with E-state index < -0.39 is 0 Å². The van der Waals surface area contributed by atoms with Crippen LogP contribution in [0.4, 0.5) is 0 Å². The summed E-state index contributed by atoms with van der Waals surface area (Å²) in [7, 11) is 0. The van der Waals surface area contributed by atoms with Crippen LogP contribution in [0.2, 0.25) is 10.0 Å². The minimum atomic E-state index is 0.288. The van der Waals surface area contributed by atoms with Gasteiger partial charge >= 0.3 is 0 Å². The van der Waals surface area contributed by atoms with E-state index in [4.69, 9.17) is 28.0 Å². The molecule has 2 nitrogen and oxygen atoms in total. The molecule has 1 saturated carbocycles. The van der Waals surface area contributed by atoms with Gasteiger partial charge in [-0.1, -0.05) is 72.5 Å². The molecule has 132 valence electrons. The molecule has 2 aromatic carbocycles. The van der Waals surface area contributed by atoms with E-state index in [0.717, 1.165) is 17.7 Å². The molecule has 3 rings (SSSR count). The molecule has 1 fully saturated rings.